The topological polar surface area (TPSA) is 12.0 Å². The Kier molecular flexibility index (Phi) is 3.08. The molecule has 0 heterocycles. The molecular weight excluding hydrogens is 293 g/mol. The van der Waals surface area contributed by atoms with E-state index >= 15 is 0 Å². The Balaban J connectivity index is 1.85. The second-order valence-electron chi connectivity index (χ2n) is 4.59. The number of hydrogen-bond donors (Lipinski definition) is 1. The monoisotopic (exact) mass is 305 g/mol. The Morgan fingerprint density at radius 3 is 2.89 bits per heavy atom. The average molecular weight is 306 g/mol. The molecule has 1 aliphatic carbocycles. The van der Waals surface area contributed by atoms with E-state index in [-0.39, 0.29) is 11.9 Å². The SMILES string of the molecule is Fc1cccc(NC2CCc3cc(Br)ccc32)c1. The second-order valence-corrected chi connectivity index (χ2v) is 5.50. The smallest absolute Gasteiger partial charge is 0.125 e. The summed E-state index contributed by atoms with van der Waals surface area (Å²) in [6, 6.07) is 13.3. The van der Waals surface area contributed by atoms with Crippen molar-refractivity contribution in [3.8, 4) is 0 Å². The van der Waals surface area contributed by atoms with E-state index < -0.39 is 0 Å². The fourth-order valence-corrected chi connectivity index (χ4v) is 2.92. The van der Waals surface area contributed by atoms with Gasteiger partial charge in [0.25, 0.3) is 0 Å². The molecule has 1 nitrogen and oxygen atoms in total. The predicted octanol–water partition coefficient (Wildman–Crippen LogP) is 4.69. The van der Waals surface area contributed by atoms with Crippen molar-refractivity contribution in [1.82, 2.24) is 0 Å². The van der Waals surface area contributed by atoms with Gasteiger partial charge in [-0.15, -0.1) is 0 Å². The number of fused-ring (bicyclic) bond motifs is 1. The van der Waals surface area contributed by atoms with E-state index in [1.165, 1.54) is 23.3 Å². The van der Waals surface area contributed by atoms with Crippen LogP contribution in [0.2, 0.25) is 0 Å². The number of rotatable bonds is 2. The Hall–Kier alpha value is -1.35. The van der Waals surface area contributed by atoms with Gasteiger partial charge in [0.15, 0.2) is 0 Å². The summed E-state index contributed by atoms with van der Waals surface area (Å²) in [6.07, 6.45) is 2.13. The van der Waals surface area contributed by atoms with Crippen LogP contribution < -0.4 is 5.32 Å². The summed E-state index contributed by atoms with van der Waals surface area (Å²) < 4.78 is 14.3. The van der Waals surface area contributed by atoms with Gasteiger partial charge in [-0.2, -0.15) is 0 Å². The molecule has 1 unspecified atom stereocenters. The lowest BCUT2D eigenvalue weighted by atomic mass is 10.1. The summed E-state index contributed by atoms with van der Waals surface area (Å²) in [6.45, 7) is 0. The van der Waals surface area contributed by atoms with Crippen LogP contribution in [0.5, 0.6) is 0 Å². The third-order valence-electron chi connectivity index (χ3n) is 3.35. The van der Waals surface area contributed by atoms with E-state index in [1.54, 1.807) is 6.07 Å². The Labute approximate surface area is 114 Å². The summed E-state index contributed by atoms with van der Waals surface area (Å²) in [5.74, 6) is -0.200. The summed E-state index contributed by atoms with van der Waals surface area (Å²) in [7, 11) is 0. The average Bonchev–Trinajstić information content (AvgIpc) is 2.72. The van der Waals surface area contributed by atoms with Gasteiger partial charge >= 0.3 is 0 Å². The zero-order chi connectivity index (χ0) is 12.5. The molecule has 0 aliphatic heterocycles. The van der Waals surface area contributed by atoms with Gasteiger partial charge in [-0.1, -0.05) is 28.1 Å². The molecule has 2 aromatic rings. The molecule has 1 atom stereocenters. The van der Waals surface area contributed by atoms with Crippen molar-refractivity contribution < 1.29 is 4.39 Å². The maximum atomic E-state index is 13.1. The van der Waals surface area contributed by atoms with E-state index in [9.17, 15) is 4.39 Å². The minimum absolute atomic E-state index is 0.200. The highest BCUT2D eigenvalue weighted by Crippen LogP contribution is 2.35. The highest BCUT2D eigenvalue weighted by molar-refractivity contribution is 9.10. The van der Waals surface area contributed by atoms with Crippen molar-refractivity contribution in [2.24, 2.45) is 0 Å². The van der Waals surface area contributed by atoms with E-state index in [4.69, 9.17) is 0 Å². The molecule has 0 saturated heterocycles. The molecule has 1 N–H and O–H groups in total. The summed E-state index contributed by atoms with van der Waals surface area (Å²) in [5, 5.41) is 3.40. The zero-order valence-electron chi connectivity index (χ0n) is 9.79. The lowest BCUT2D eigenvalue weighted by molar-refractivity contribution is 0.627. The van der Waals surface area contributed by atoms with Crippen molar-refractivity contribution in [3.05, 3.63) is 63.9 Å². The fourth-order valence-electron chi connectivity index (χ4n) is 2.52. The van der Waals surface area contributed by atoms with Crippen molar-refractivity contribution in [2.75, 3.05) is 5.32 Å². The Morgan fingerprint density at radius 1 is 1.17 bits per heavy atom. The highest BCUT2D eigenvalue weighted by atomic mass is 79.9. The normalized spacial score (nSPS) is 17.6. The second kappa shape index (κ2) is 4.73. The van der Waals surface area contributed by atoms with E-state index in [0.29, 0.717) is 0 Å². The number of hydrogen-bond acceptors (Lipinski definition) is 1. The first kappa shape index (κ1) is 11.7. The molecule has 0 spiro atoms. The molecule has 3 heteroatoms. The molecule has 0 amide bonds. The van der Waals surface area contributed by atoms with E-state index in [0.717, 1.165) is 23.0 Å². The minimum Gasteiger partial charge on any atom is -0.378 e. The van der Waals surface area contributed by atoms with Crippen LogP contribution >= 0.6 is 15.9 Å². The third-order valence-corrected chi connectivity index (χ3v) is 3.84. The molecule has 2 aromatic carbocycles. The predicted molar refractivity (Wildman–Crippen MR) is 75.2 cm³/mol. The fraction of sp³-hybridized carbons (Fsp3) is 0.200. The van der Waals surface area contributed by atoms with Gasteiger partial charge in [0, 0.05) is 10.2 Å². The standard InChI is InChI=1S/C15H13BrFN/c16-11-5-6-14-10(8-11)4-7-15(14)18-13-3-1-2-12(17)9-13/h1-3,5-6,8-9,15,18H,4,7H2. The number of halogens is 2. The Bertz CT molecular complexity index is 582. The summed E-state index contributed by atoms with van der Waals surface area (Å²) >= 11 is 3.49. The quantitative estimate of drug-likeness (QED) is 0.849. The van der Waals surface area contributed by atoms with E-state index in [1.807, 2.05) is 6.07 Å². The van der Waals surface area contributed by atoms with Crippen LogP contribution in [0, 0.1) is 5.82 Å². The van der Waals surface area contributed by atoms with Crippen LogP contribution in [0.4, 0.5) is 10.1 Å². The minimum atomic E-state index is -0.200. The van der Waals surface area contributed by atoms with Crippen LogP contribution in [0.1, 0.15) is 23.6 Å². The first-order valence-electron chi connectivity index (χ1n) is 6.03. The maximum absolute atomic E-state index is 13.1. The maximum Gasteiger partial charge on any atom is 0.125 e. The summed E-state index contributed by atoms with van der Waals surface area (Å²) in [5.41, 5.74) is 3.54. The number of anilines is 1. The van der Waals surface area contributed by atoms with Crippen LogP contribution in [0.15, 0.2) is 46.9 Å². The molecular formula is C15H13BrFN. The van der Waals surface area contributed by atoms with Crippen LogP contribution in [-0.4, -0.2) is 0 Å². The van der Waals surface area contributed by atoms with Gasteiger partial charge in [-0.3, -0.25) is 0 Å². The van der Waals surface area contributed by atoms with Crippen LogP contribution in [0.25, 0.3) is 0 Å². The first-order valence-corrected chi connectivity index (χ1v) is 6.82. The van der Waals surface area contributed by atoms with E-state index in [2.05, 4.69) is 39.4 Å². The van der Waals surface area contributed by atoms with Crippen molar-refractivity contribution in [1.29, 1.82) is 0 Å². The number of benzene rings is 2. The van der Waals surface area contributed by atoms with Crippen molar-refractivity contribution in [3.63, 3.8) is 0 Å². The van der Waals surface area contributed by atoms with Crippen LogP contribution in [0.3, 0.4) is 0 Å². The number of nitrogens with one attached hydrogen (secondary N) is 1. The molecule has 92 valence electrons. The van der Waals surface area contributed by atoms with Crippen molar-refractivity contribution in [2.45, 2.75) is 18.9 Å². The molecule has 18 heavy (non-hydrogen) atoms. The molecule has 3 rings (SSSR count). The van der Waals surface area contributed by atoms with Gasteiger partial charge in [0.05, 0.1) is 6.04 Å². The molecule has 0 saturated carbocycles. The van der Waals surface area contributed by atoms with Crippen molar-refractivity contribution >= 4 is 21.6 Å². The van der Waals surface area contributed by atoms with Crippen LogP contribution in [-0.2, 0) is 6.42 Å². The lowest BCUT2D eigenvalue weighted by Crippen LogP contribution is -2.07. The Morgan fingerprint density at radius 2 is 2.06 bits per heavy atom. The molecule has 0 radical (unpaired) electrons. The van der Waals surface area contributed by atoms with Gasteiger partial charge in [0.1, 0.15) is 5.82 Å². The molecule has 0 bridgehead atoms. The molecule has 0 fully saturated rings. The lowest BCUT2D eigenvalue weighted by Gasteiger charge is -2.15. The van der Waals surface area contributed by atoms with Gasteiger partial charge in [-0.25, -0.2) is 4.39 Å². The highest BCUT2D eigenvalue weighted by Gasteiger charge is 2.22. The first-order chi connectivity index (χ1) is 8.72. The van der Waals surface area contributed by atoms with Gasteiger partial charge in [0.2, 0.25) is 0 Å². The zero-order valence-corrected chi connectivity index (χ0v) is 11.4. The van der Waals surface area contributed by atoms with Gasteiger partial charge < -0.3 is 5.32 Å². The van der Waals surface area contributed by atoms with Gasteiger partial charge in [-0.05, 0) is 54.3 Å². The molecule has 1 aliphatic rings. The largest absolute Gasteiger partial charge is 0.378 e. The summed E-state index contributed by atoms with van der Waals surface area (Å²) in [4.78, 5) is 0. The number of aryl methyl sites for hydroxylation is 1. The third kappa shape index (κ3) is 2.27. The molecule has 0 aromatic heterocycles.